The number of aromatic nitrogens is 3. The molecule has 7 heteroatoms. The van der Waals surface area contributed by atoms with Crippen LogP contribution in [0.5, 0.6) is 0 Å². The molecular weight excluding hydrogens is 368 g/mol. The van der Waals surface area contributed by atoms with Gasteiger partial charge in [-0.2, -0.15) is 5.10 Å². The van der Waals surface area contributed by atoms with E-state index in [9.17, 15) is 4.79 Å². The second-order valence-electron chi connectivity index (χ2n) is 6.29. The van der Waals surface area contributed by atoms with Gasteiger partial charge in [-0.15, -0.1) is 11.3 Å². The summed E-state index contributed by atoms with van der Waals surface area (Å²) in [7, 11) is 1.88. The summed E-state index contributed by atoms with van der Waals surface area (Å²) in [6, 6.07) is 7.78. The number of hydrogen-bond donors (Lipinski definition) is 1. The average molecular weight is 389 g/mol. The van der Waals surface area contributed by atoms with Crippen LogP contribution in [0.2, 0.25) is 5.02 Å². The van der Waals surface area contributed by atoms with Gasteiger partial charge >= 0.3 is 0 Å². The maximum atomic E-state index is 12.4. The van der Waals surface area contributed by atoms with Crippen LogP contribution in [0.1, 0.15) is 33.1 Å². The van der Waals surface area contributed by atoms with Gasteiger partial charge in [0.2, 0.25) is 5.91 Å². The molecule has 0 radical (unpaired) electrons. The minimum Gasteiger partial charge on any atom is -0.302 e. The minimum absolute atomic E-state index is 0.0813. The van der Waals surface area contributed by atoms with E-state index < -0.39 is 0 Å². The van der Waals surface area contributed by atoms with E-state index in [2.05, 4.69) is 15.4 Å². The summed E-state index contributed by atoms with van der Waals surface area (Å²) in [4.78, 5) is 18.0. The Labute approximate surface area is 162 Å². The Kier molecular flexibility index (Phi) is 5.44. The lowest BCUT2D eigenvalue weighted by Gasteiger charge is -2.03. The molecule has 1 aromatic carbocycles. The highest BCUT2D eigenvalue weighted by molar-refractivity contribution is 7.15. The predicted molar refractivity (Wildman–Crippen MR) is 106 cm³/mol. The fourth-order valence-corrected chi connectivity index (χ4v) is 4.06. The number of benzene rings is 1. The Bertz CT molecular complexity index is 961. The zero-order valence-electron chi connectivity index (χ0n) is 15.3. The van der Waals surface area contributed by atoms with Gasteiger partial charge in [0.05, 0.1) is 17.8 Å². The third kappa shape index (κ3) is 3.97. The number of carbonyl (C=O) groups excluding carboxylic acids is 1. The van der Waals surface area contributed by atoms with E-state index in [4.69, 9.17) is 11.6 Å². The van der Waals surface area contributed by atoms with Gasteiger partial charge in [-0.3, -0.25) is 9.48 Å². The first-order valence-electron chi connectivity index (χ1n) is 8.33. The molecule has 0 atom stereocenters. The molecule has 26 heavy (non-hydrogen) atoms. The van der Waals surface area contributed by atoms with E-state index in [-0.39, 0.29) is 5.91 Å². The summed E-state index contributed by atoms with van der Waals surface area (Å²) in [5, 5.41) is 8.63. The summed E-state index contributed by atoms with van der Waals surface area (Å²) >= 11 is 7.74. The minimum atomic E-state index is -0.0813. The largest absolute Gasteiger partial charge is 0.302 e. The van der Waals surface area contributed by atoms with Crippen molar-refractivity contribution in [3.05, 3.63) is 62.4 Å². The lowest BCUT2D eigenvalue weighted by molar-refractivity contribution is -0.115. The zero-order valence-corrected chi connectivity index (χ0v) is 16.8. The summed E-state index contributed by atoms with van der Waals surface area (Å²) in [6.45, 7) is 5.84. The SMILES string of the molecule is Cc1nc(NC(=O)Cc2c(C)nn(C)c2C)sc1Cc1ccccc1Cl. The highest BCUT2D eigenvalue weighted by Gasteiger charge is 2.16. The van der Waals surface area contributed by atoms with Crippen LogP contribution >= 0.6 is 22.9 Å². The molecule has 0 unspecified atom stereocenters. The zero-order chi connectivity index (χ0) is 18.8. The number of nitrogens with zero attached hydrogens (tertiary/aromatic N) is 3. The van der Waals surface area contributed by atoms with Crippen LogP contribution in [0.15, 0.2) is 24.3 Å². The molecule has 5 nitrogen and oxygen atoms in total. The number of carbonyl (C=O) groups is 1. The van der Waals surface area contributed by atoms with Crippen molar-refractivity contribution in [1.29, 1.82) is 0 Å². The molecule has 2 heterocycles. The van der Waals surface area contributed by atoms with Gasteiger partial charge in [-0.1, -0.05) is 29.8 Å². The van der Waals surface area contributed by atoms with Crippen LogP contribution in [0, 0.1) is 20.8 Å². The van der Waals surface area contributed by atoms with E-state index in [0.717, 1.165) is 38.1 Å². The molecule has 3 aromatic rings. The Hall–Kier alpha value is -2.18. The fraction of sp³-hybridized carbons (Fsp3) is 0.316. The van der Waals surface area contributed by atoms with E-state index in [1.807, 2.05) is 52.1 Å². The number of aryl methyl sites for hydroxylation is 3. The lowest BCUT2D eigenvalue weighted by atomic mass is 10.1. The molecule has 0 aliphatic heterocycles. The fourth-order valence-electron chi connectivity index (χ4n) is 2.86. The molecule has 1 N–H and O–H groups in total. The average Bonchev–Trinajstić information content (AvgIpc) is 3.03. The Morgan fingerprint density at radius 3 is 2.62 bits per heavy atom. The summed E-state index contributed by atoms with van der Waals surface area (Å²) in [6.07, 6.45) is 1.00. The second kappa shape index (κ2) is 7.60. The van der Waals surface area contributed by atoms with Crippen molar-refractivity contribution < 1.29 is 4.79 Å². The van der Waals surface area contributed by atoms with Gasteiger partial charge in [0.15, 0.2) is 5.13 Å². The Morgan fingerprint density at radius 2 is 1.96 bits per heavy atom. The summed E-state index contributed by atoms with van der Waals surface area (Å²) < 4.78 is 1.80. The number of anilines is 1. The van der Waals surface area contributed by atoms with Gasteiger partial charge in [0.1, 0.15) is 0 Å². The van der Waals surface area contributed by atoms with E-state index in [1.54, 1.807) is 4.68 Å². The predicted octanol–water partition coefficient (Wildman–Crippen LogP) is 4.23. The number of rotatable bonds is 5. The van der Waals surface area contributed by atoms with Crippen molar-refractivity contribution in [2.75, 3.05) is 5.32 Å². The van der Waals surface area contributed by atoms with E-state index >= 15 is 0 Å². The number of thiazole rings is 1. The monoisotopic (exact) mass is 388 g/mol. The molecule has 0 aliphatic carbocycles. The highest BCUT2D eigenvalue weighted by atomic mass is 35.5. The third-order valence-corrected chi connectivity index (χ3v) is 5.89. The van der Waals surface area contributed by atoms with E-state index in [0.29, 0.717) is 18.0 Å². The Morgan fingerprint density at radius 1 is 1.23 bits per heavy atom. The molecule has 0 fully saturated rings. The van der Waals surface area contributed by atoms with Gasteiger partial charge < -0.3 is 5.32 Å². The number of hydrogen-bond acceptors (Lipinski definition) is 4. The normalized spacial score (nSPS) is 11.0. The molecule has 0 bridgehead atoms. The van der Waals surface area contributed by atoms with Gasteiger partial charge in [-0.25, -0.2) is 4.98 Å². The molecule has 3 rings (SSSR count). The first-order valence-corrected chi connectivity index (χ1v) is 9.53. The van der Waals surface area contributed by atoms with E-state index in [1.165, 1.54) is 11.3 Å². The van der Waals surface area contributed by atoms with Crippen molar-refractivity contribution in [3.8, 4) is 0 Å². The summed E-state index contributed by atoms with van der Waals surface area (Å²) in [5.74, 6) is -0.0813. The van der Waals surface area contributed by atoms with Crippen LogP contribution < -0.4 is 5.32 Å². The maximum Gasteiger partial charge on any atom is 0.230 e. The quantitative estimate of drug-likeness (QED) is 0.711. The van der Waals surface area contributed by atoms with Crippen LogP contribution in [0.4, 0.5) is 5.13 Å². The maximum absolute atomic E-state index is 12.4. The molecule has 0 saturated carbocycles. The van der Waals surface area contributed by atoms with Crippen LogP contribution in [0.25, 0.3) is 0 Å². The van der Waals surface area contributed by atoms with Crippen molar-refractivity contribution in [2.45, 2.75) is 33.6 Å². The molecule has 2 aromatic heterocycles. The molecular formula is C19H21ClN4OS. The molecule has 0 spiro atoms. The smallest absolute Gasteiger partial charge is 0.230 e. The topological polar surface area (TPSA) is 59.8 Å². The number of halogens is 1. The van der Waals surface area contributed by atoms with Crippen LogP contribution in [-0.4, -0.2) is 20.7 Å². The second-order valence-corrected chi connectivity index (χ2v) is 7.78. The van der Waals surface area contributed by atoms with Crippen molar-refractivity contribution in [1.82, 2.24) is 14.8 Å². The van der Waals surface area contributed by atoms with Gasteiger partial charge in [0, 0.05) is 34.6 Å². The van der Waals surface area contributed by atoms with Gasteiger partial charge in [0.25, 0.3) is 0 Å². The molecule has 136 valence electrons. The first-order chi connectivity index (χ1) is 12.3. The standard InChI is InChI=1S/C19H21ClN4OS/c1-11-15(13(3)24(4)23-11)10-18(25)22-19-21-12(2)17(26-19)9-14-7-5-6-8-16(14)20/h5-8H,9-10H2,1-4H3,(H,21,22,25). The molecule has 0 saturated heterocycles. The van der Waals surface area contributed by atoms with Crippen molar-refractivity contribution in [3.63, 3.8) is 0 Å². The highest BCUT2D eigenvalue weighted by Crippen LogP contribution is 2.28. The van der Waals surface area contributed by atoms with Crippen LogP contribution in [0.3, 0.4) is 0 Å². The molecule has 0 aliphatic rings. The Balaban J connectivity index is 1.71. The van der Waals surface area contributed by atoms with Crippen molar-refractivity contribution in [2.24, 2.45) is 7.05 Å². The van der Waals surface area contributed by atoms with Crippen LogP contribution in [-0.2, 0) is 24.7 Å². The number of nitrogens with one attached hydrogen (secondary N) is 1. The lowest BCUT2D eigenvalue weighted by Crippen LogP contribution is -2.15. The third-order valence-electron chi connectivity index (χ3n) is 4.44. The van der Waals surface area contributed by atoms with Crippen molar-refractivity contribution >= 4 is 34.0 Å². The number of amides is 1. The summed E-state index contributed by atoms with van der Waals surface area (Å²) in [5.41, 5.74) is 4.83. The first kappa shape index (κ1) is 18.6. The van der Waals surface area contributed by atoms with Gasteiger partial charge in [-0.05, 0) is 32.4 Å². The molecule has 1 amide bonds.